The molecule has 38 valence electrons. The number of nitrogens with zero attached hydrogens (tertiary/aromatic N) is 1. The van der Waals surface area contributed by atoms with E-state index in [2.05, 4.69) is 6.58 Å². The zero-order valence-electron chi connectivity index (χ0n) is 3.55. The number of hydrogen-bond acceptors (Lipinski definition) is 3. The molecular weight excluding hydrogens is 94.0 g/mol. The molecule has 0 N–H and O–H groups in total. The molecule has 3 nitrogen and oxygen atoms in total. The van der Waals surface area contributed by atoms with E-state index in [4.69, 9.17) is 21.7 Å². The van der Waals surface area contributed by atoms with Gasteiger partial charge in [0, 0.05) is 0 Å². The van der Waals surface area contributed by atoms with Crippen LogP contribution in [-0.4, -0.2) is 5.97 Å². The first-order chi connectivity index (χ1) is 3.27. The molecule has 0 amide bonds. The van der Waals surface area contributed by atoms with E-state index in [9.17, 15) is 0 Å². The van der Waals surface area contributed by atoms with Crippen molar-refractivity contribution in [3.05, 3.63) is 19.2 Å². The zero-order chi connectivity index (χ0) is 6.28. The number of carboxylic acids is 1. The highest BCUT2D eigenvalue weighted by molar-refractivity contribution is 5.76. The van der Waals surface area contributed by atoms with E-state index in [-0.39, 0.29) is 0 Å². The second-order valence-electron chi connectivity index (χ2n) is 0.523. The van der Waals surface area contributed by atoms with Gasteiger partial charge in [-0.25, -0.2) is 0 Å². The lowest BCUT2D eigenvalue weighted by Gasteiger charge is -1.81. The van der Waals surface area contributed by atoms with E-state index in [0.29, 0.717) is 0 Å². The van der Waals surface area contributed by atoms with Gasteiger partial charge in [0.2, 0.25) is 0 Å². The summed E-state index contributed by atoms with van der Waals surface area (Å²) in [5.41, 5.74) is 0. The molecule has 0 fully saturated rings. The standard InChI is InChI=1S/C3H4O2.CN/c1-2-3(4)5;1-2/h2H,1H2,(H,4,5);/q;-1/p-1. The van der Waals surface area contributed by atoms with Crippen LogP contribution in [0.3, 0.4) is 0 Å². The molecule has 0 aliphatic carbocycles. The van der Waals surface area contributed by atoms with Crippen LogP contribution in [0.25, 0.3) is 0 Å². The summed E-state index contributed by atoms with van der Waals surface area (Å²) in [5.74, 6) is -1.23. The van der Waals surface area contributed by atoms with E-state index in [0.717, 1.165) is 6.08 Å². The van der Waals surface area contributed by atoms with E-state index in [1.165, 1.54) is 0 Å². The molecule has 3 heteroatoms. The molecule has 0 aliphatic rings. The largest absolute Gasteiger partial charge is 0.545 e. The van der Waals surface area contributed by atoms with Crippen molar-refractivity contribution in [2.45, 2.75) is 0 Å². The topological polar surface area (TPSA) is 63.9 Å². The Bertz CT molecular complexity index is 84.9. The van der Waals surface area contributed by atoms with Crippen LogP contribution < -0.4 is 5.11 Å². The fraction of sp³-hybridized carbons (Fsp3) is 0. The summed E-state index contributed by atoms with van der Waals surface area (Å²) in [6.45, 7) is 7.65. The summed E-state index contributed by atoms with van der Waals surface area (Å²) in [7, 11) is 0. The first-order valence-corrected chi connectivity index (χ1v) is 1.33. The van der Waals surface area contributed by atoms with Crippen LogP contribution in [0.4, 0.5) is 0 Å². The van der Waals surface area contributed by atoms with Gasteiger partial charge in [0.25, 0.3) is 0 Å². The molecule has 0 saturated heterocycles. The molecule has 0 atom stereocenters. The molecule has 0 aromatic rings. The number of carbonyl (C=O) groups excluding carboxylic acids is 1. The highest BCUT2D eigenvalue weighted by Crippen LogP contribution is 1.47. The first-order valence-electron chi connectivity index (χ1n) is 1.33. The maximum absolute atomic E-state index is 9.14. The zero-order valence-corrected chi connectivity index (χ0v) is 3.55. The molecular formula is C4H3NO2-2. The Morgan fingerprint density at radius 2 is 2.00 bits per heavy atom. The molecule has 0 saturated carbocycles. The Labute approximate surface area is 41.5 Å². The van der Waals surface area contributed by atoms with Crippen molar-refractivity contribution in [3.63, 3.8) is 0 Å². The van der Waals surface area contributed by atoms with Crippen LogP contribution in [0.1, 0.15) is 0 Å². The molecule has 0 aromatic carbocycles. The van der Waals surface area contributed by atoms with Gasteiger partial charge in [-0.15, -0.1) is 0 Å². The monoisotopic (exact) mass is 97.0 g/mol. The Kier molecular flexibility index (Phi) is 11.6. The summed E-state index contributed by atoms with van der Waals surface area (Å²) in [4.78, 5) is 9.14. The number of carboxylic acid groups (broad SMARTS) is 1. The van der Waals surface area contributed by atoms with Gasteiger partial charge in [-0.05, 0) is 6.08 Å². The minimum Gasteiger partial charge on any atom is -0.545 e. The van der Waals surface area contributed by atoms with Crippen molar-refractivity contribution in [2.24, 2.45) is 0 Å². The number of hydrogen-bond donors (Lipinski definition) is 0. The fourth-order valence-corrected chi connectivity index (χ4v) is 0. The highest BCUT2D eigenvalue weighted by Gasteiger charge is 1.55. The predicted octanol–water partition coefficient (Wildman–Crippen LogP) is -0.981. The maximum atomic E-state index is 9.14. The molecule has 0 bridgehead atoms. The maximum Gasteiger partial charge on any atom is 0.0636 e. The van der Waals surface area contributed by atoms with Crippen LogP contribution >= 0.6 is 0 Å². The molecule has 0 unspecified atom stereocenters. The fourth-order valence-electron chi connectivity index (χ4n) is 0. The molecule has 7 heavy (non-hydrogen) atoms. The summed E-state index contributed by atoms with van der Waals surface area (Å²) >= 11 is 0. The molecule has 0 aromatic heterocycles. The number of carbonyl (C=O) groups is 1. The molecule has 0 heterocycles. The van der Waals surface area contributed by atoms with Crippen LogP contribution in [0.5, 0.6) is 0 Å². The summed E-state index contributed by atoms with van der Waals surface area (Å²) < 4.78 is 0. The van der Waals surface area contributed by atoms with Crippen molar-refractivity contribution in [3.8, 4) is 0 Å². The number of aliphatic carboxylic acids is 1. The minimum atomic E-state index is -1.23. The van der Waals surface area contributed by atoms with Gasteiger partial charge < -0.3 is 21.7 Å². The third kappa shape index (κ3) is 69.9. The summed E-state index contributed by atoms with van der Waals surface area (Å²) in [6.07, 6.45) is 0.722. The molecule has 0 aliphatic heterocycles. The van der Waals surface area contributed by atoms with Gasteiger partial charge in [-0.3, -0.25) is 0 Å². The summed E-state index contributed by atoms with van der Waals surface area (Å²) in [6, 6.07) is 0. The SMILES string of the molecule is C=CC(=O)[O-].[C-]#N. The van der Waals surface area contributed by atoms with Crippen molar-refractivity contribution < 1.29 is 9.90 Å². The van der Waals surface area contributed by atoms with E-state index < -0.39 is 5.97 Å². The first kappa shape index (κ1) is 9.20. The smallest absolute Gasteiger partial charge is 0.0636 e. The lowest BCUT2D eigenvalue weighted by molar-refractivity contribution is -0.297. The Balaban J connectivity index is 0. The van der Waals surface area contributed by atoms with Gasteiger partial charge in [-0.1, -0.05) is 6.58 Å². The predicted molar refractivity (Wildman–Crippen MR) is 20.2 cm³/mol. The van der Waals surface area contributed by atoms with E-state index in [1.54, 1.807) is 0 Å². The molecule has 0 spiro atoms. The van der Waals surface area contributed by atoms with Gasteiger partial charge in [0.1, 0.15) is 0 Å². The summed E-state index contributed by atoms with van der Waals surface area (Å²) in [5, 5.41) is 15.4. The van der Waals surface area contributed by atoms with Gasteiger partial charge in [0.05, 0.1) is 5.97 Å². The normalized spacial score (nSPS) is 4.86. The van der Waals surface area contributed by atoms with Crippen molar-refractivity contribution in [1.29, 1.82) is 5.26 Å². The molecule has 0 rings (SSSR count). The van der Waals surface area contributed by atoms with Crippen molar-refractivity contribution >= 4 is 5.97 Å². The van der Waals surface area contributed by atoms with Crippen LogP contribution in [0, 0.1) is 11.8 Å². The van der Waals surface area contributed by atoms with Gasteiger partial charge in [0.15, 0.2) is 0 Å². The average molecular weight is 97.1 g/mol. The lowest BCUT2D eigenvalue weighted by atomic mass is 10.7. The van der Waals surface area contributed by atoms with E-state index in [1.807, 2.05) is 0 Å². The average Bonchev–Trinajstić information content (AvgIpc) is 1.73. The van der Waals surface area contributed by atoms with Crippen molar-refractivity contribution in [2.75, 3.05) is 0 Å². The lowest BCUT2D eigenvalue weighted by Crippen LogP contribution is -2.17. The molecule has 0 radical (unpaired) electrons. The highest BCUT2D eigenvalue weighted by atomic mass is 16.4. The Hall–Kier alpha value is -1.30. The second kappa shape index (κ2) is 8.83. The van der Waals surface area contributed by atoms with E-state index >= 15 is 0 Å². The number of rotatable bonds is 1. The van der Waals surface area contributed by atoms with Gasteiger partial charge in [-0.2, -0.15) is 0 Å². The van der Waals surface area contributed by atoms with Crippen LogP contribution in [0.2, 0.25) is 0 Å². The third-order valence-electron chi connectivity index (χ3n) is 0.167. The Morgan fingerprint density at radius 3 is 2.00 bits per heavy atom. The van der Waals surface area contributed by atoms with Crippen LogP contribution in [-0.2, 0) is 4.79 Å². The van der Waals surface area contributed by atoms with Gasteiger partial charge >= 0.3 is 0 Å². The Morgan fingerprint density at radius 1 is 1.86 bits per heavy atom. The minimum absolute atomic E-state index is 0.722. The second-order valence-corrected chi connectivity index (χ2v) is 0.523. The van der Waals surface area contributed by atoms with Crippen molar-refractivity contribution in [1.82, 2.24) is 0 Å². The quantitative estimate of drug-likeness (QED) is 0.312. The third-order valence-corrected chi connectivity index (χ3v) is 0.167. The van der Waals surface area contributed by atoms with Crippen LogP contribution in [0.15, 0.2) is 12.7 Å².